The Hall–Kier alpha value is -2.57. The molecule has 122 valence electrons. The summed E-state index contributed by atoms with van der Waals surface area (Å²) in [5.41, 5.74) is 0.123. The van der Waals surface area contributed by atoms with Gasteiger partial charge in [-0.15, -0.1) is 6.58 Å². The molecule has 0 bridgehead atoms. The molecule has 0 aliphatic carbocycles. The Balaban J connectivity index is 2.26. The van der Waals surface area contributed by atoms with Gasteiger partial charge in [0.25, 0.3) is 5.91 Å². The van der Waals surface area contributed by atoms with Gasteiger partial charge >= 0.3 is 6.18 Å². The summed E-state index contributed by atoms with van der Waals surface area (Å²) in [6, 6.07) is 8.29. The number of amides is 1. The van der Waals surface area contributed by atoms with E-state index in [-0.39, 0.29) is 23.6 Å². The first-order valence-corrected chi connectivity index (χ1v) is 6.63. The van der Waals surface area contributed by atoms with Gasteiger partial charge in [0.05, 0.1) is 5.56 Å². The minimum Gasteiger partial charge on any atom is -0.451 e. The standard InChI is InChI=1S/C16H13F4NO2/c1-2-9-21(10-16(18,19)20)15(22)14-8-7-13(23-14)11-5-3-4-6-12(11)17/h2-8H,1,9-10H2. The van der Waals surface area contributed by atoms with Crippen molar-refractivity contribution < 1.29 is 26.8 Å². The van der Waals surface area contributed by atoms with Crippen molar-refractivity contribution in [3.05, 3.63) is 60.6 Å². The number of nitrogens with zero attached hydrogens (tertiary/aromatic N) is 1. The Bertz CT molecular complexity index is 706. The molecule has 0 atom stereocenters. The van der Waals surface area contributed by atoms with E-state index in [0.717, 1.165) is 0 Å². The molecule has 0 saturated carbocycles. The van der Waals surface area contributed by atoms with E-state index in [0.29, 0.717) is 4.90 Å². The highest BCUT2D eigenvalue weighted by Crippen LogP contribution is 2.26. The number of furan rings is 1. The predicted molar refractivity (Wildman–Crippen MR) is 76.3 cm³/mol. The lowest BCUT2D eigenvalue weighted by Gasteiger charge is -2.21. The van der Waals surface area contributed by atoms with Crippen molar-refractivity contribution in [1.82, 2.24) is 4.90 Å². The van der Waals surface area contributed by atoms with E-state index in [1.54, 1.807) is 6.07 Å². The normalized spacial score (nSPS) is 11.3. The van der Waals surface area contributed by atoms with Gasteiger partial charge in [-0.1, -0.05) is 18.2 Å². The molecule has 0 aliphatic rings. The van der Waals surface area contributed by atoms with E-state index in [1.165, 1.54) is 36.4 Å². The van der Waals surface area contributed by atoms with Gasteiger partial charge < -0.3 is 9.32 Å². The van der Waals surface area contributed by atoms with Crippen LogP contribution in [0.3, 0.4) is 0 Å². The van der Waals surface area contributed by atoms with Crippen molar-refractivity contribution in [3.8, 4) is 11.3 Å². The van der Waals surface area contributed by atoms with E-state index in [9.17, 15) is 22.4 Å². The summed E-state index contributed by atoms with van der Waals surface area (Å²) >= 11 is 0. The smallest absolute Gasteiger partial charge is 0.406 e. The minimum absolute atomic E-state index is 0.0667. The molecule has 0 unspecified atom stereocenters. The van der Waals surface area contributed by atoms with Crippen LogP contribution in [0.4, 0.5) is 17.6 Å². The van der Waals surface area contributed by atoms with E-state index in [4.69, 9.17) is 4.42 Å². The second-order valence-electron chi connectivity index (χ2n) is 4.73. The molecule has 0 aliphatic heterocycles. The molecule has 0 radical (unpaired) electrons. The van der Waals surface area contributed by atoms with Crippen molar-refractivity contribution in [2.45, 2.75) is 6.18 Å². The lowest BCUT2D eigenvalue weighted by molar-refractivity contribution is -0.139. The largest absolute Gasteiger partial charge is 0.451 e. The van der Waals surface area contributed by atoms with Crippen molar-refractivity contribution >= 4 is 5.91 Å². The molecular weight excluding hydrogens is 314 g/mol. The van der Waals surface area contributed by atoms with Crippen LogP contribution in [0.5, 0.6) is 0 Å². The van der Waals surface area contributed by atoms with Crippen molar-refractivity contribution in [1.29, 1.82) is 0 Å². The fourth-order valence-electron chi connectivity index (χ4n) is 2.01. The van der Waals surface area contributed by atoms with Crippen molar-refractivity contribution in [2.24, 2.45) is 0 Å². The third kappa shape index (κ3) is 4.21. The van der Waals surface area contributed by atoms with Gasteiger partial charge in [-0.25, -0.2) is 4.39 Å². The Labute approximate surface area is 129 Å². The fraction of sp³-hybridized carbons (Fsp3) is 0.188. The number of carbonyl (C=O) groups excluding carboxylic acids is 1. The van der Waals surface area contributed by atoms with Gasteiger partial charge in [0.15, 0.2) is 5.76 Å². The number of hydrogen-bond acceptors (Lipinski definition) is 2. The molecular formula is C16H13F4NO2. The highest BCUT2D eigenvalue weighted by Gasteiger charge is 2.33. The summed E-state index contributed by atoms with van der Waals surface area (Å²) in [6.45, 7) is 1.62. The van der Waals surface area contributed by atoms with Crippen LogP contribution < -0.4 is 0 Å². The second kappa shape index (κ2) is 6.68. The van der Waals surface area contributed by atoms with E-state index >= 15 is 0 Å². The maximum Gasteiger partial charge on any atom is 0.406 e. The zero-order valence-corrected chi connectivity index (χ0v) is 11.9. The monoisotopic (exact) mass is 327 g/mol. The molecule has 1 amide bonds. The highest BCUT2D eigenvalue weighted by atomic mass is 19.4. The van der Waals surface area contributed by atoms with Gasteiger partial charge in [0, 0.05) is 6.54 Å². The molecule has 0 fully saturated rings. The van der Waals surface area contributed by atoms with Gasteiger partial charge in [-0.2, -0.15) is 13.2 Å². The number of hydrogen-bond donors (Lipinski definition) is 0. The van der Waals surface area contributed by atoms with Gasteiger partial charge in [-0.05, 0) is 24.3 Å². The SMILES string of the molecule is C=CCN(CC(F)(F)F)C(=O)c1ccc(-c2ccccc2F)o1. The first-order chi connectivity index (χ1) is 10.8. The van der Waals surface area contributed by atoms with Crippen LogP contribution in [-0.2, 0) is 0 Å². The minimum atomic E-state index is -4.54. The summed E-state index contributed by atoms with van der Waals surface area (Å²) < 4.78 is 56.5. The Morgan fingerprint density at radius 2 is 1.91 bits per heavy atom. The molecule has 0 saturated heterocycles. The third-order valence-corrected chi connectivity index (χ3v) is 2.96. The van der Waals surface area contributed by atoms with E-state index < -0.39 is 24.4 Å². The van der Waals surface area contributed by atoms with Crippen LogP contribution in [0.2, 0.25) is 0 Å². The lowest BCUT2D eigenvalue weighted by atomic mass is 10.1. The molecule has 3 nitrogen and oxygen atoms in total. The fourth-order valence-corrected chi connectivity index (χ4v) is 2.01. The zero-order valence-electron chi connectivity index (χ0n) is 11.9. The third-order valence-electron chi connectivity index (χ3n) is 2.96. The quantitative estimate of drug-likeness (QED) is 0.607. The zero-order chi connectivity index (χ0) is 17.0. The van der Waals surface area contributed by atoms with Crippen LogP contribution in [0.15, 0.2) is 53.5 Å². The summed E-state index contributed by atoms with van der Waals surface area (Å²) in [7, 11) is 0. The van der Waals surface area contributed by atoms with Gasteiger partial charge in [0.1, 0.15) is 18.1 Å². The lowest BCUT2D eigenvalue weighted by Crippen LogP contribution is -2.38. The Kier molecular flexibility index (Phi) is 4.88. The predicted octanol–water partition coefficient (Wildman–Crippen LogP) is 4.28. The highest BCUT2D eigenvalue weighted by molar-refractivity contribution is 5.92. The summed E-state index contributed by atoms with van der Waals surface area (Å²) in [5.74, 6) is -1.73. The topological polar surface area (TPSA) is 33.5 Å². The summed E-state index contributed by atoms with van der Waals surface area (Å²) in [6.07, 6.45) is -3.36. The molecule has 0 spiro atoms. The van der Waals surface area contributed by atoms with Gasteiger partial charge in [-0.3, -0.25) is 4.79 Å². The maximum atomic E-state index is 13.7. The molecule has 1 aromatic carbocycles. The first-order valence-electron chi connectivity index (χ1n) is 6.63. The molecule has 7 heteroatoms. The average Bonchev–Trinajstić information content (AvgIpc) is 2.95. The van der Waals surface area contributed by atoms with Gasteiger partial charge in [0.2, 0.25) is 0 Å². The molecule has 0 N–H and O–H groups in total. The number of rotatable bonds is 5. The number of benzene rings is 1. The Morgan fingerprint density at radius 3 is 2.52 bits per heavy atom. The molecule has 23 heavy (non-hydrogen) atoms. The van der Waals surface area contributed by atoms with E-state index in [1.807, 2.05) is 0 Å². The number of halogens is 4. The Morgan fingerprint density at radius 1 is 1.22 bits per heavy atom. The number of alkyl halides is 3. The summed E-state index contributed by atoms with van der Waals surface area (Å²) in [5, 5.41) is 0. The van der Waals surface area contributed by atoms with Crippen molar-refractivity contribution in [3.63, 3.8) is 0 Å². The van der Waals surface area contributed by atoms with Crippen LogP contribution in [0.25, 0.3) is 11.3 Å². The van der Waals surface area contributed by atoms with Crippen LogP contribution in [0, 0.1) is 5.82 Å². The first kappa shape index (κ1) is 16.8. The number of carbonyl (C=O) groups is 1. The molecule has 2 rings (SSSR count). The van der Waals surface area contributed by atoms with E-state index in [2.05, 4.69) is 6.58 Å². The molecule has 2 aromatic rings. The van der Waals surface area contributed by atoms with Crippen LogP contribution in [-0.4, -0.2) is 30.1 Å². The average molecular weight is 327 g/mol. The maximum absolute atomic E-state index is 13.7. The second-order valence-corrected chi connectivity index (χ2v) is 4.73. The molecule has 1 aromatic heterocycles. The van der Waals surface area contributed by atoms with Crippen molar-refractivity contribution in [2.75, 3.05) is 13.1 Å². The van der Waals surface area contributed by atoms with Crippen LogP contribution >= 0.6 is 0 Å². The van der Waals surface area contributed by atoms with Crippen LogP contribution in [0.1, 0.15) is 10.6 Å². The summed E-state index contributed by atoms with van der Waals surface area (Å²) in [4.78, 5) is 12.7. The molecule has 1 heterocycles.